The number of methoxy groups -OCH3 is 3. The minimum absolute atomic E-state index is 0.547. The second kappa shape index (κ2) is 17.6. The van der Waals surface area contributed by atoms with Gasteiger partial charge >= 0.3 is 0 Å². The molecule has 4 aliphatic rings. The SMILES string of the molecule is CO[C@@H]1OC(CO)[C@@H](OCC2O[C@@H](OC)C(O)[C@@H](O)[C@@H]2O[C@@H]2OC(CO)[C@@H](O[C@@H]3OC(CO)[C@@H](OC)[C@H](O)C3O)[C@H](O)C2O)[C@H](O)C1O. The van der Waals surface area contributed by atoms with Crippen LogP contribution in [-0.4, -0.2) is 227 Å². The third-order valence-corrected chi connectivity index (χ3v) is 8.87. The van der Waals surface area contributed by atoms with E-state index < -0.39 is 149 Å². The summed E-state index contributed by atoms with van der Waals surface area (Å²) in [6.45, 7) is -2.68. The topological polar surface area (TPSA) is 315 Å². The van der Waals surface area contributed by atoms with Crippen molar-refractivity contribution in [3.8, 4) is 0 Å². The zero-order chi connectivity index (χ0) is 35.4. The van der Waals surface area contributed by atoms with Crippen LogP contribution in [0.1, 0.15) is 0 Å². The molecule has 4 rings (SSSR count). The molecule has 48 heavy (non-hydrogen) atoms. The molecular formula is C27H48O21. The van der Waals surface area contributed by atoms with Gasteiger partial charge in [-0.2, -0.15) is 0 Å². The van der Waals surface area contributed by atoms with Gasteiger partial charge in [0.2, 0.25) is 0 Å². The monoisotopic (exact) mass is 708 g/mol. The fraction of sp³-hybridized carbons (Fsp3) is 1.00. The van der Waals surface area contributed by atoms with Crippen LogP contribution in [0.4, 0.5) is 0 Å². The summed E-state index contributed by atoms with van der Waals surface area (Å²) in [5.74, 6) is 0. The van der Waals surface area contributed by atoms with E-state index in [0.717, 1.165) is 0 Å². The highest BCUT2D eigenvalue weighted by atomic mass is 16.8. The average molecular weight is 709 g/mol. The first-order chi connectivity index (χ1) is 22.9. The smallest absolute Gasteiger partial charge is 0.187 e. The molecule has 4 aliphatic heterocycles. The number of aliphatic hydroxyl groups is 11. The van der Waals surface area contributed by atoms with Gasteiger partial charge < -0.3 is 104 Å². The molecule has 4 fully saturated rings. The van der Waals surface area contributed by atoms with Crippen molar-refractivity contribution in [2.45, 2.75) is 123 Å². The van der Waals surface area contributed by atoms with Crippen molar-refractivity contribution in [1.29, 1.82) is 0 Å². The van der Waals surface area contributed by atoms with Gasteiger partial charge in [0.1, 0.15) is 97.7 Å². The molecule has 0 aromatic heterocycles. The molecule has 0 aliphatic carbocycles. The first-order valence-electron chi connectivity index (χ1n) is 15.3. The molecule has 11 N–H and O–H groups in total. The summed E-state index contributed by atoms with van der Waals surface area (Å²) in [4.78, 5) is 0. The molecule has 0 radical (unpaired) electrons. The number of hydrogen-bond acceptors (Lipinski definition) is 21. The predicted molar refractivity (Wildman–Crippen MR) is 148 cm³/mol. The van der Waals surface area contributed by atoms with E-state index in [9.17, 15) is 56.2 Å². The van der Waals surface area contributed by atoms with Gasteiger partial charge in [0.15, 0.2) is 25.2 Å². The number of aliphatic hydroxyl groups excluding tert-OH is 11. The maximum absolute atomic E-state index is 11.0. The van der Waals surface area contributed by atoms with Crippen LogP contribution in [0.2, 0.25) is 0 Å². The Morgan fingerprint density at radius 2 is 0.729 bits per heavy atom. The van der Waals surface area contributed by atoms with Gasteiger partial charge in [-0.1, -0.05) is 0 Å². The summed E-state index contributed by atoms with van der Waals surface area (Å²) in [6.07, 6.45) is -30.9. The maximum atomic E-state index is 11.0. The Morgan fingerprint density at radius 1 is 0.396 bits per heavy atom. The minimum atomic E-state index is -1.97. The molecule has 21 nitrogen and oxygen atoms in total. The third kappa shape index (κ3) is 8.12. The third-order valence-electron chi connectivity index (χ3n) is 8.87. The zero-order valence-electron chi connectivity index (χ0n) is 26.4. The van der Waals surface area contributed by atoms with Crippen LogP contribution in [0.25, 0.3) is 0 Å². The van der Waals surface area contributed by atoms with E-state index in [1.807, 2.05) is 0 Å². The first kappa shape index (κ1) is 39.9. The van der Waals surface area contributed by atoms with Crippen LogP contribution in [0.5, 0.6) is 0 Å². The maximum Gasteiger partial charge on any atom is 0.187 e. The lowest BCUT2D eigenvalue weighted by Gasteiger charge is -2.48. The summed E-state index contributed by atoms with van der Waals surface area (Å²) < 4.78 is 54.6. The van der Waals surface area contributed by atoms with E-state index in [0.29, 0.717) is 0 Å². The standard InChI is InChI=1S/C27H48O21/c1-39-20-8(4-28)44-26(18(37)12(20)31)47-22-10(6-30)45-27(19(38)15(22)34)48-23-11(46-25(41-3)17(36)14(23)33)7-42-21-9(5-29)43-24(40-2)16(35)13(21)32/h8-38H,4-7H2,1-3H3/t8?,9?,10?,11?,12-,13-,14-,15-,16?,17?,18?,19?,20-,21-,22-,23-,24-,25-,26+,27+/m1/s1. The quantitative estimate of drug-likeness (QED) is 0.0846. The molecule has 4 heterocycles. The lowest BCUT2D eigenvalue weighted by molar-refractivity contribution is -0.380. The van der Waals surface area contributed by atoms with E-state index in [1.54, 1.807) is 0 Å². The number of ether oxygens (including phenoxy) is 10. The zero-order valence-corrected chi connectivity index (χ0v) is 26.4. The average Bonchev–Trinajstić information content (AvgIpc) is 3.09. The van der Waals surface area contributed by atoms with Crippen molar-refractivity contribution in [3.05, 3.63) is 0 Å². The molecule has 0 amide bonds. The summed E-state index contributed by atoms with van der Waals surface area (Å²) in [7, 11) is 3.63. The molecule has 4 saturated heterocycles. The second-order valence-corrected chi connectivity index (χ2v) is 11.8. The van der Waals surface area contributed by atoms with Crippen molar-refractivity contribution in [2.75, 3.05) is 47.8 Å². The molecule has 0 bridgehead atoms. The number of hydrogen-bond donors (Lipinski definition) is 11. The van der Waals surface area contributed by atoms with E-state index >= 15 is 0 Å². The van der Waals surface area contributed by atoms with Crippen LogP contribution < -0.4 is 0 Å². The molecule has 8 unspecified atom stereocenters. The molecule has 0 saturated carbocycles. The Morgan fingerprint density at radius 3 is 1.17 bits per heavy atom. The van der Waals surface area contributed by atoms with Crippen molar-refractivity contribution < 1.29 is 104 Å². The Labute approximate surface area is 274 Å². The van der Waals surface area contributed by atoms with Crippen LogP contribution >= 0.6 is 0 Å². The fourth-order valence-electron chi connectivity index (χ4n) is 6.16. The van der Waals surface area contributed by atoms with Gasteiger partial charge in [-0.3, -0.25) is 0 Å². The van der Waals surface area contributed by atoms with Gasteiger partial charge in [0.05, 0.1) is 26.4 Å². The fourth-order valence-corrected chi connectivity index (χ4v) is 6.16. The first-order valence-corrected chi connectivity index (χ1v) is 15.3. The molecular weight excluding hydrogens is 660 g/mol. The molecule has 0 spiro atoms. The van der Waals surface area contributed by atoms with Crippen molar-refractivity contribution in [3.63, 3.8) is 0 Å². The van der Waals surface area contributed by atoms with Crippen LogP contribution in [0, 0.1) is 0 Å². The lowest BCUT2D eigenvalue weighted by atomic mass is 9.95. The van der Waals surface area contributed by atoms with Crippen LogP contribution in [0.15, 0.2) is 0 Å². The highest BCUT2D eigenvalue weighted by molar-refractivity contribution is 4.97. The molecule has 20 atom stereocenters. The van der Waals surface area contributed by atoms with Crippen molar-refractivity contribution in [2.24, 2.45) is 0 Å². The predicted octanol–water partition coefficient (Wildman–Crippen LogP) is -7.79. The van der Waals surface area contributed by atoms with Crippen molar-refractivity contribution in [1.82, 2.24) is 0 Å². The Balaban J connectivity index is 1.48. The minimum Gasteiger partial charge on any atom is -0.394 e. The molecule has 21 heteroatoms. The normalized spacial score (nSPS) is 50.4. The Bertz CT molecular complexity index is 960. The van der Waals surface area contributed by atoms with Gasteiger partial charge in [-0.15, -0.1) is 0 Å². The molecule has 0 aromatic rings. The summed E-state index contributed by atoms with van der Waals surface area (Å²) >= 11 is 0. The molecule has 0 aromatic carbocycles. The van der Waals surface area contributed by atoms with E-state index in [2.05, 4.69) is 0 Å². The van der Waals surface area contributed by atoms with Crippen LogP contribution in [-0.2, 0) is 47.4 Å². The second-order valence-electron chi connectivity index (χ2n) is 11.8. The van der Waals surface area contributed by atoms with E-state index in [1.165, 1.54) is 21.3 Å². The van der Waals surface area contributed by atoms with Gasteiger partial charge in [0, 0.05) is 21.3 Å². The van der Waals surface area contributed by atoms with E-state index in [4.69, 9.17) is 47.4 Å². The van der Waals surface area contributed by atoms with Crippen LogP contribution in [0.3, 0.4) is 0 Å². The summed E-state index contributed by atoms with van der Waals surface area (Å²) in [6, 6.07) is 0. The largest absolute Gasteiger partial charge is 0.394 e. The number of rotatable bonds is 13. The molecule has 282 valence electrons. The highest BCUT2D eigenvalue weighted by Crippen LogP contribution is 2.33. The summed E-state index contributed by atoms with van der Waals surface area (Å²) in [5, 5.41) is 115. The Kier molecular flexibility index (Phi) is 14.6. The van der Waals surface area contributed by atoms with E-state index in [-0.39, 0.29) is 0 Å². The highest BCUT2D eigenvalue weighted by Gasteiger charge is 2.54. The van der Waals surface area contributed by atoms with Gasteiger partial charge in [-0.05, 0) is 0 Å². The van der Waals surface area contributed by atoms with Gasteiger partial charge in [-0.25, -0.2) is 0 Å². The lowest BCUT2D eigenvalue weighted by Crippen LogP contribution is -2.67. The summed E-state index contributed by atoms with van der Waals surface area (Å²) in [5.41, 5.74) is 0. The van der Waals surface area contributed by atoms with Gasteiger partial charge in [0.25, 0.3) is 0 Å². The Hall–Kier alpha value is -0.840. The van der Waals surface area contributed by atoms with Crippen molar-refractivity contribution >= 4 is 0 Å².